The predicted molar refractivity (Wildman–Crippen MR) is 84.1 cm³/mol. The third-order valence-electron chi connectivity index (χ3n) is 5.32. The van der Waals surface area contributed by atoms with Crippen molar-refractivity contribution in [2.75, 3.05) is 0 Å². The summed E-state index contributed by atoms with van der Waals surface area (Å²) in [4.78, 5) is 0. The first-order valence-electron chi connectivity index (χ1n) is 8.60. The van der Waals surface area contributed by atoms with Crippen molar-refractivity contribution in [1.82, 2.24) is 5.32 Å². The number of allylic oxidation sites excluding steroid dienone is 1. The molecule has 2 aliphatic rings. The van der Waals surface area contributed by atoms with Crippen molar-refractivity contribution in [2.45, 2.75) is 84.1 Å². The molecule has 1 nitrogen and oxygen atoms in total. The van der Waals surface area contributed by atoms with Gasteiger partial charge in [-0.05, 0) is 49.9 Å². The average molecular weight is 263 g/mol. The second-order valence-corrected chi connectivity index (χ2v) is 7.28. The minimum Gasteiger partial charge on any atom is -0.386 e. The Balaban J connectivity index is 1.65. The van der Waals surface area contributed by atoms with E-state index >= 15 is 0 Å². The summed E-state index contributed by atoms with van der Waals surface area (Å²) in [5.41, 5.74) is 1.23. The average Bonchev–Trinajstić information content (AvgIpc) is 2.42. The van der Waals surface area contributed by atoms with Gasteiger partial charge in [-0.3, -0.25) is 0 Å². The highest BCUT2D eigenvalue weighted by Gasteiger charge is 2.24. The van der Waals surface area contributed by atoms with E-state index in [0.29, 0.717) is 12.0 Å². The van der Waals surface area contributed by atoms with Gasteiger partial charge < -0.3 is 5.32 Å². The summed E-state index contributed by atoms with van der Waals surface area (Å²) in [7, 11) is 0. The summed E-state index contributed by atoms with van der Waals surface area (Å²) >= 11 is 0. The van der Waals surface area contributed by atoms with Gasteiger partial charge in [0.1, 0.15) is 0 Å². The molecule has 19 heavy (non-hydrogen) atoms. The summed E-state index contributed by atoms with van der Waals surface area (Å²) in [5.74, 6) is 2.65. The molecule has 0 atom stereocenters. The molecule has 0 bridgehead atoms. The molecular weight excluding hydrogens is 230 g/mol. The smallest absolute Gasteiger partial charge is 0.0258 e. The standard InChI is InChI=1S/C18H33N/c1-14(2)15(3)19-18-11-9-17(10-12-18)13-16-7-5-4-6-8-16/h14,16-19H,3-13H2,1-2H3. The van der Waals surface area contributed by atoms with Crippen LogP contribution in [0.25, 0.3) is 0 Å². The topological polar surface area (TPSA) is 12.0 Å². The molecule has 0 radical (unpaired) electrons. The quantitative estimate of drug-likeness (QED) is 0.712. The molecule has 0 aromatic carbocycles. The first kappa shape index (κ1) is 14.9. The molecule has 0 aromatic heterocycles. The van der Waals surface area contributed by atoms with Gasteiger partial charge in [0.15, 0.2) is 0 Å². The molecule has 110 valence electrons. The molecule has 2 aliphatic carbocycles. The zero-order chi connectivity index (χ0) is 13.7. The maximum Gasteiger partial charge on any atom is 0.0258 e. The lowest BCUT2D eigenvalue weighted by Crippen LogP contribution is -2.34. The molecule has 0 aliphatic heterocycles. The summed E-state index contributed by atoms with van der Waals surface area (Å²) in [6, 6.07) is 0.706. The Labute approximate surface area is 120 Å². The summed E-state index contributed by atoms with van der Waals surface area (Å²) in [5, 5.41) is 3.65. The Morgan fingerprint density at radius 3 is 2.11 bits per heavy atom. The van der Waals surface area contributed by atoms with Gasteiger partial charge >= 0.3 is 0 Å². The SMILES string of the molecule is C=C(NC1CCC(CC2CCCCC2)CC1)C(C)C. The van der Waals surface area contributed by atoms with Gasteiger partial charge in [-0.1, -0.05) is 52.5 Å². The van der Waals surface area contributed by atoms with Gasteiger partial charge in [-0.15, -0.1) is 0 Å². The van der Waals surface area contributed by atoms with Crippen molar-refractivity contribution in [1.29, 1.82) is 0 Å². The molecule has 1 N–H and O–H groups in total. The van der Waals surface area contributed by atoms with E-state index in [-0.39, 0.29) is 0 Å². The van der Waals surface area contributed by atoms with Crippen molar-refractivity contribution < 1.29 is 0 Å². The molecule has 0 aromatic rings. The van der Waals surface area contributed by atoms with E-state index < -0.39 is 0 Å². The van der Waals surface area contributed by atoms with E-state index in [0.717, 1.165) is 11.8 Å². The Kier molecular flexibility index (Phi) is 5.78. The second kappa shape index (κ2) is 7.36. The summed E-state index contributed by atoms with van der Waals surface area (Å²) in [6.45, 7) is 8.60. The van der Waals surface area contributed by atoms with Crippen LogP contribution in [-0.4, -0.2) is 6.04 Å². The number of rotatable bonds is 5. The summed E-state index contributed by atoms with van der Waals surface area (Å²) < 4.78 is 0. The van der Waals surface area contributed by atoms with Crippen LogP contribution in [0.4, 0.5) is 0 Å². The van der Waals surface area contributed by atoms with Gasteiger partial charge in [0.05, 0.1) is 0 Å². The molecule has 0 saturated heterocycles. The molecule has 0 spiro atoms. The molecular formula is C18H33N. The highest BCUT2D eigenvalue weighted by molar-refractivity contribution is 4.97. The third-order valence-corrected chi connectivity index (χ3v) is 5.32. The lowest BCUT2D eigenvalue weighted by molar-refractivity contribution is 0.225. The number of hydrogen-bond acceptors (Lipinski definition) is 1. The highest BCUT2D eigenvalue weighted by Crippen LogP contribution is 2.35. The van der Waals surface area contributed by atoms with Crippen LogP contribution in [0, 0.1) is 17.8 Å². The van der Waals surface area contributed by atoms with E-state index in [1.54, 1.807) is 0 Å². The molecule has 1 heteroatoms. The molecule has 2 saturated carbocycles. The minimum absolute atomic E-state index is 0.569. The van der Waals surface area contributed by atoms with Crippen LogP contribution in [0.5, 0.6) is 0 Å². The van der Waals surface area contributed by atoms with Crippen molar-refractivity contribution in [3.8, 4) is 0 Å². The maximum atomic E-state index is 4.15. The summed E-state index contributed by atoms with van der Waals surface area (Å²) in [6.07, 6.45) is 14.7. The zero-order valence-electron chi connectivity index (χ0n) is 13.1. The fourth-order valence-corrected chi connectivity index (χ4v) is 3.87. The largest absolute Gasteiger partial charge is 0.386 e. The predicted octanol–water partition coefficient (Wildman–Crippen LogP) is 5.27. The first-order chi connectivity index (χ1) is 9.15. The van der Waals surface area contributed by atoms with Crippen LogP contribution in [-0.2, 0) is 0 Å². The second-order valence-electron chi connectivity index (χ2n) is 7.28. The molecule has 2 rings (SSSR count). The van der Waals surface area contributed by atoms with E-state index in [4.69, 9.17) is 0 Å². The van der Waals surface area contributed by atoms with Crippen molar-refractivity contribution in [2.24, 2.45) is 17.8 Å². The molecule has 0 heterocycles. The van der Waals surface area contributed by atoms with Crippen LogP contribution >= 0.6 is 0 Å². The van der Waals surface area contributed by atoms with Gasteiger partial charge in [-0.2, -0.15) is 0 Å². The highest BCUT2D eigenvalue weighted by atomic mass is 14.9. The fourth-order valence-electron chi connectivity index (χ4n) is 3.87. The Morgan fingerprint density at radius 1 is 0.947 bits per heavy atom. The van der Waals surface area contributed by atoms with E-state index in [1.165, 1.54) is 69.9 Å². The third kappa shape index (κ3) is 4.85. The molecule has 0 amide bonds. The number of nitrogens with one attached hydrogen (secondary N) is 1. The van der Waals surface area contributed by atoms with Crippen LogP contribution < -0.4 is 5.32 Å². The van der Waals surface area contributed by atoms with Crippen LogP contribution in [0.15, 0.2) is 12.3 Å². The molecule has 2 fully saturated rings. The van der Waals surface area contributed by atoms with Crippen molar-refractivity contribution >= 4 is 0 Å². The van der Waals surface area contributed by atoms with Crippen LogP contribution in [0.3, 0.4) is 0 Å². The Morgan fingerprint density at radius 2 is 1.53 bits per heavy atom. The van der Waals surface area contributed by atoms with Gasteiger partial charge in [-0.25, -0.2) is 0 Å². The van der Waals surface area contributed by atoms with Gasteiger partial charge in [0.2, 0.25) is 0 Å². The van der Waals surface area contributed by atoms with Crippen LogP contribution in [0.2, 0.25) is 0 Å². The normalized spacial score (nSPS) is 29.4. The Bertz CT molecular complexity index is 267. The minimum atomic E-state index is 0.569. The van der Waals surface area contributed by atoms with Crippen LogP contribution in [0.1, 0.15) is 78.1 Å². The maximum absolute atomic E-state index is 4.15. The lowest BCUT2D eigenvalue weighted by atomic mass is 9.76. The lowest BCUT2D eigenvalue weighted by Gasteiger charge is -2.33. The van der Waals surface area contributed by atoms with Crippen molar-refractivity contribution in [3.63, 3.8) is 0 Å². The van der Waals surface area contributed by atoms with E-state index in [1.807, 2.05) is 0 Å². The fraction of sp³-hybridized carbons (Fsp3) is 0.889. The Hall–Kier alpha value is -0.460. The van der Waals surface area contributed by atoms with E-state index in [9.17, 15) is 0 Å². The molecule has 0 unspecified atom stereocenters. The van der Waals surface area contributed by atoms with Gasteiger partial charge in [0.25, 0.3) is 0 Å². The van der Waals surface area contributed by atoms with E-state index in [2.05, 4.69) is 25.7 Å². The van der Waals surface area contributed by atoms with Crippen molar-refractivity contribution in [3.05, 3.63) is 12.3 Å². The van der Waals surface area contributed by atoms with Gasteiger partial charge in [0, 0.05) is 11.7 Å². The monoisotopic (exact) mass is 263 g/mol. The zero-order valence-corrected chi connectivity index (χ0v) is 13.1. The first-order valence-corrected chi connectivity index (χ1v) is 8.60. The number of hydrogen-bond donors (Lipinski definition) is 1.